The van der Waals surface area contributed by atoms with Gasteiger partial charge < -0.3 is 15.0 Å². The number of nitrogens with zero attached hydrogens (tertiary/aromatic N) is 1. The summed E-state index contributed by atoms with van der Waals surface area (Å²) in [5.41, 5.74) is 0. The Morgan fingerprint density at radius 3 is 2.31 bits per heavy atom. The van der Waals surface area contributed by atoms with Crippen LogP contribution in [0.1, 0.15) is 25.7 Å². The van der Waals surface area contributed by atoms with E-state index < -0.39 is 14.6 Å². The molecule has 1 aromatic rings. The van der Waals surface area contributed by atoms with E-state index in [0.29, 0.717) is 57.6 Å². The molecule has 2 fully saturated rings. The molecule has 1 amide bonds. The molecule has 0 aromatic heterocycles. The Bertz CT molecular complexity index is 737. The fourth-order valence-corrected chi connectivity index (χ4v) is 5.14. The van der Waals surface area contributed by atoms with Gasteiger partial charge in [-0.25, -0.2) is 12.8 Å². The summed E-state index contributed by atoms with van der Waals surface area (Å²) in [4.78, 5) is 14.7. The topological polar surface area (TPSA) is 75.7 Å². The van der Waals surface area contributed by atoms with Crippen LogP contribution in [-0.2, 0) is 14.6 Å². The van der Waals surface area contributed by atoms with E-state index in [2.05, 4.69) is 5.32 Å². The third-order valence-electron chi connectivity index (χ3n) is 5.36. The van der Waals surface area contributed by atoms with Crippen molar-refractivity contribution < 1.29 is 22.3 Å². The first-order valence-electron chi connectivity index (χ1n) is 8.94. The van der Waals surface area contributed by atoms with Gasteiger partial charge in [0.05, 0.1) is 0 Å². The summed E-state index contributed by atoms with van der Waals surface area (Å²) in [6, 6.07) is 5.86. The number of piperidine rings is 2. The number of rotatable bonds is 4. The van der Waals surface area contributed by atoms with Crippen molar-refractivity contribution in [2.24, 2.45) is 0 Å². The lowest BCUT2D eigenvalue weighted by Gasteiger charge is -2.41. The molecule has 6 nitrogen and oxygen atoms in total. The number of ether oxygens (including phenoxy) is 1. The maximum Gasteiger partial charge on any atom is 0.244 e. The predicted octanol–water partition coefficient (Wildman–Crippen LogP) is 1.36. The number of benzene rings is 1. The molecule has 26 heavy (non-hydrogen) atoms. The summed E-state index contributed by atoms with van der Waals surface area (Å²) in [7, 11) is -3.50. The van der Waals surface area contributed by atoms with E-state index in [1.807, 2.05) is 0 Å². The van der Waals surface area contributed by atoms with Gasteiger partial charge in [-0.2, -0.15) is 0 Å². The lowest BCUT2D eigenvalue weighted by Crippen LogP contribution is -2.59. The summed E-state index contributed by atoms with van der Waals surface area (Å²) in [5.74, 6) is 0.00896. The van der Waals surface area contributed by atoms with Gasteiger partial charge in [0, 0.05) is 32.2 Å². The first kappa shape index (κ1) is 19.1. The molecule has 0 spiro atoms. The van der Waals surface area contributed by atoms with Gasteiger partial charge in [-0.15, -0.1) is 0 Å². The van der Waals surface area contributed by atoms with E-state index in [4.69, 9.17) is 4.74 Å². The second kappa shape index (κ2) is 7.52. The van der Waals surface area contributed by atoms with Gasteiger partial charge in [0.1, 0.15) is 17.7 Å². The van der Waals surface area contributed by atoms with Crippen molar-refractivity contribution in [2.75, 3.05) is 32.4 Å². The van der Waals surface area contributed by atoms with Crippen molar-refractivity contribution in [3.8, 4) is 5.75 Å². The number of halogens is 1. The minimum atomic E-state index is -3.50. The van der Waals surface area contributed by atoms with Gasteiger partial charge in [0.15, 0.2) is 14.6 Å². The number of carbonyl (C=O) groups excluding carboxylic acids is 1. The molecule has 2 aliphatic heterocycles. The number of amides is 1. The molecule has 0 bridgehead atoms. The first-order chi connectivity index (χ1) is 12.3. The Labute approximate surface area is 153 Å². The van der Waals surface area contributed by atoms with Crippen LogP contribution in [0.5, 0.6) is 5.75 Å². The van der Waals surface area contributed by atoms with E-state index in [1.54, 1.807) is 17.0 Å². The predicted molar refractivity (Wildman–Crippen MR) is 96.3 cm³/mol. The van der Waals surface area contributed by atoms with E-state index in [9.17, 15) is 17.6 Å². The molecule has 8 heteroatoms. The molecule has 3 rings (SSSR count). The van der Waals surface area contributed by atoms with Crippen LogP contribution in [0.15, 0.2) is 24.3 Å². The lowest BCUT2D eigenvalue weighted by atomic mass is 9.94. The van der Waals surface area contributed by atoms with E-state index in [-0.39, 0.29) is 17.8 Å². The van der Waals surface area contributed by atoms with E-state index >= 15 is 0 Å². The molecule has 1 aromatic carbocycles. The summed E-state index contributed by atoms with van der Waals surface area (Å²) >= 11 is 0. The number of likely N-dealkylation sites (tertiary alicyclic amines) is 1. The maximum absolute atomic E-state index is 13.1. The van der Waals surface area contributed by atoms with Gasteiger partial charge in [0.25, 0.3) is 0 Å². The number of sulfone groups is 1. The molecule has 2 saturated heterocycles. The van der Waals surface area contributed by atoms with Gasteiger partial charge in [-0.3, -0.25) is 4.79 Å². The Balaban J connectivity index is 1.63. The van der Waals surface area contributed by atoms with Crippen LogP contribution in [-0.4, -0.2) is 62.5 Å². The van der Waals surface area contributed by atoms with Gasteiger partial charge in [-0.1, -0.05) is 0 Å². The van der Waals surface area contributed by atoms with Gasteiger partial charge in [0.2, 0.25) is 5.91 Å². The fraction of sp³-hybridized carbons (Fsp3) is 0.611. The highest BCUT2D eigenvalue weighted by molar-refractivity contribution is 7.92. The third kappa shape index (κ3) is 3.86. The Hall–Kier alpha value is -1.67. The highest BCUT2D eigenvalue weighted by atomic mass is 32.2. The van der Waals surface area contributed by atoms with Gasteiger partial charge >= 0.3 is 0 Å². The van der Waals surface area contributed by atoms with Gasteiger partial charge in [-0.05, 0) is 50.2 Å². The van der Waals surface area contributed by atoms with Crippen molar-refractivity contribution in [3.05, 3.63) is 30.1 Å². The maximum atomic E-state index is 13.1. The molecular formula is C18H25FN2O4S. The molecule has 144 valence electrons. The van der Waals surface area contributed by atoms with E-state index in [1.165, 1.54) is 18.4 Å². The van der Waals surface area contributed by atoms with Crippen molar-refractivity contribution >= 4 is 15.7 Å². The monoisotopic (exact) mass is 384 g/mol. The standard InChI is InChI=1S/C18H25FN2O4S/c1-26(23,24)18(8-10-20-11-9-18)17(22)21-12-6-16(7-13-21)25-15-4-2-14(19)3-5-15/h2-5,16,20H,6-13H2,1H3. The molecule has 0 atom stereocenters. The van der Waals surface area contributed by atoms with Crippen molar-refractivity contribution in [1.29, 1.82) is 0 Å². The minimum absolute atomic E-state index is 0.0632. The number of nitrogens with one attached hydrogen (secondary N) is 1. The Morgan fingerprint density at radius 1 is 1.19 bits per heavy atom. The number of hydrogen-bond acceptors (Lipinski definition) is 5. The normalized spacial score (nSPS) is 21.4. The van der Waals surface area contributed by atoms with Crippen molar-refractivity contribution in [3.63, 3.8) is 0 Å². The van der Waals surface area contributed by atoms with Crippen LogP contribution in [0.4, 0.5) is 4.39 Å². The average molecular weight is 384 g/mol. The van der Waals surface area contributed by atoms with E-state index in [0.717, 1.165) is 0 Å². The summed E-state index contributed by atoms with van der Waals surface area (Å²) in [5, 5.41) is 3.13. The van der Waals surface area contributed by atoms with Crippen molar-refractivity contribution in [2.45, 2.75) is 36.5 Å². The molecular weight excluding hydrogens is 359 g/mol. The molecule has 1 N–H and O–H groups in total. The Kier molecular flexibility index (Phi) is 5.53. The molecule has 0 saturated carbocycles. The third-order valence-corrected chi connectivity index (χ3v) is 7.36. The number of hydrogen-bond donors (Lipinski definition) is 1. The highest BCUT2D eigenvalue weighted by Gasteiger charge is 2.50. The molecule has 0 aliphatic carbocycles. The zero-order valence-corrected chi connectivity index (χ0v) is 15.7. The highest BCUT2D eigenvalue weighted by Crippen LogP contribution is 2.31. The molecule has 0 unspecified atom stereocenters. The minimum Gasteiger partial charge on any atom is -0.490 e. The quantitative estimate of drug-likeness (QED) is 0.848. The SMILES string of the molecule is CS(=O)(=O)C1(C(=O)N2CCC(Oc3ccc(F)cc3)CC2)CCNCC1. The van der Waals surface area contributed by atoms with Crippen LogP contribution in [0.3, 0.4) is 0 Å². The zero-order valence-electron chi connectivity index (χ0n) is 14.9. The van der Waals surface area contributed by atoms with Crippen LogP contribution in [0, 0.1) is 5.82 Å². The average Bonchev–Trinajstić information content (AvgIpc) is 2.63. The largest absolute Gasteiger partial charge is 0.490 e. The van der Waals surface area contributed by atoms with Crippen LogP contribution in [0.2, 0.25) is 0 Å². The second-order valence-corrected chi connectivity index (χ2v) is 9.41. The number of carbonyl (C=O) groups is 1. The smallest absolute Gasteiger partial charge is 0.244 e. The van der Waals surface area contributed by atoms with Crippen LogP contribution >= 0.6 is 0 Å². The Morgan fingerprint density at radius 2 is 1.77 bits per heavy atom. The molecule has 2 heterocycles. The molecule has 2 aliphatic rings. The van der Waals surface area contributed by atoms with Crippen LogP contribution in [0.25, 0.3) is 0 Å². The summed E-state index contributed by atoms with van der Waals surface area (Å²) in [6.45, 7) is 2.00. The summed E-state index contributed by atoms with van der Waals surface area (Å²) < 4.78 is 42.3. The fourth-order valence-electron chi connectivity index (χ4n) is 3.74. The second-order valence-electron chi connectivity index (χ2n) is 7.08. The van der Waals surface area contributed by atoms with Crippen LogP contribution < -0.4 is 10.1 Å². The van der Waals surface area contributed by atoms with Crippen molar-refractivity contribution in [1.82, 2.24) is 10.2 Å². The summed E-state index contributed by atoms with van der Waals surface area (Å²) in [6.07, 6.45) is 2.99. The zero-order chi connectivity index (χ0) is 18.8. The molecule has 0 radical (unpaired) electrons. The lowest BCUT2D eigenvalue weighted by molar-refractivity contribution is -0.136. The first-order valence-corrected chi connectivity index (χ1v) is 10.8.